The number of furan rings is 1. The standard InChI is InChI=1S/C22H19N3O5/c1-22(2)9-15(26)20-18(10-22)30-21(24)14(11-23)19(20)17-7-6-16(29-17)12-4-3-5-13(8-12)25(27)28/h3-8,19H,9-10,24H2,1-2H3/t19-/m0/s1. The lowest BCUT2D eigenvalue weighted by Crippen LogP contribution is -2.33. The van der Waals surface area contributed by atoms with E-state index in [1.165, 1.54) is 12.1 Å². The van der Waals surface area contributed by atoms with Gasteiger partial charge in [0.15, 0.2) is 5.78 Å². The summed E-state index contributed by atoms with van der Waals surface area (Å²) in [5.41, 5.74) is 6.68. The number of nitrogens with zero attached hydrogens (tertiary/aromatic N) is 2. The zero-order valence-corrected chi connectivity index (χ0v) is 16.5. The molecule has 2 aliphatic rings. The highest BCUT2D eigenvalue weighted by atomic mass is 16.6. The van der Waals surface area contributed by atoms with E-state index < -0.39 is 10.8 Å². The van der Waals surface area contributed by atoms with Crippen LogP contribution in [0.1, 0.15) is 38.4 Å². The third kappa shape index (κ3) is 3.24. The van der Waals surface area contributed by atoms with Gasteiger partial charge >= 0.3 is 0 Å². The average Bonchev–Trinajstić information content (AvgIpc) is 3.16. The first-order chi connectivity index (χ1) is 14.2. The van der Waals surface area contributed by atoms with Crippen molar-refractivity contribution in [2.45, 2.75) is 32.6 Å². The smallest absolute Gasteiger partial charge is 0.270 e. The van der Waals surface area contributed by atoms with E-state index in [4.69, 9.17) is 14.9 Å². The van der Waals surface area contributed by atoms with E-state index in [1.807, 2.05) is 19.9 Å². The van der Waals surface area contributed by atoms with Gasteiger partial charge < -0.3 is 14.9 Å². The molecule has 0 unspecified atom stereocenters. The Balaban J connectivity index is 1.80. The maximum atomic E-state index is 13.0. The molecule has 0 spiro atoms. The van der Waals surface area contributed by atoms with Crippen LogP contribution in [0.15, 0.2) is 63.6 Å². The van der Waals surface area contributed by atoms with Gasteiger partial charge in [0.1, 0.15) is 28.9 Å². The van der Waals surface area contributed by atoms with E-state index in [2.05, 4.69) is 0 Å². The van der Waals surface area contributed by atoms with Crippen LogP contribution < -0.4 is 5.73 Å². The second kappa shape index (κ2) is 6.88. The summed E-state index contributed by atoms with van der Waals surface area (Å²) in [4.78, 5) is 23.5. The van der Waals surface area contributed by atoms with Crippen LogP contribution in [-0.2, 0) is 9.53 Å². The molecule has 1 aromatic heterocycles. The lowest BCUT2D eigenvalue weighted by molar-refractivity contribution is -0.384. The highest BCUT2D eigenvalue weighted by Crippen LogP contribution is 2.48. The number of rotatable bonds is 3. The Labute approximate surface area is 172 Å². The number of nitro groups is 1. The monoisotopic (exact) mass is 405 g/mol. The van der Waals surface area contributed by atoms with Gasteiger partial charge in [0, 0.05) is 36.1 Å². The Morgan fingerprint density at radius 1 is 1.27 bits per heavy atom. The van der Waals surface area contributed by atoms with E-state index in [0.717, 1.165) is 0 Å². The SMILES string of the molecule is CC1(C)CC(=O)C2=C(C1)OC(N)=C(C#N)[C@H]2c1ccc(-c2cccc([N+](=O)[O-])c2)o1. The Bertz CT molecular complexity index is 1180. The van der Waals surface area contributed by atoms with Crippen LogP contribution >= 0.6 is 0 Å². The molecule has 152 valence electrons. The minimum absolute atomic E-state index is 0.0416. The zero-order chi connectivity index (χ0) is 21.6. The van der Waals surface area contributed by atoms with Gasteiger partial charge in [0.2, 0.25) is 5.88 Å². The summed E-state index contributed by atoms with van der Waals surface area (Å²) in [5.74, 6) is 0.294. The first-order valence-corrected chi connectivity index (χ1v) is 9.38. The van der Waals surface area contributed by atoms with Crippen molar-refractivity contribution in [2.75, 3.05) is 0 Å². The van der Waals surface area contributed by atoms with E-state index in [9.17, 15) is 20.2 Å². The molecule has 0 saturated heterocycles. The summed E-state index contributed by atoms with van der Waals surface area (Å²) in [6.07, 6.45) is 0.838. The highest BCUT2D eigenvalue weighted by molar-refractivity contribution is 5.99. The molecular weight excluding hydrogens is 386 g/mol. The Hall–Kier alpha value is -3.86. The second-order valence-electron chi connectivity index (χ2n) is 8.21. The van der Waals surface area contributed by atoms with Gasteiger partial charge in [0.25, 0.3) is 5.69 Å². The lowest BCUT2D eigenvalue weighted by Gasteiger charge is -2.36. The van der Waals surface area contributed by atoms with Crippen molar-refractivity contribution in [3.8, 4) is 17.4 Å². The number of nitrogens with two attached hydrogens (primary N) is 1. The molecule has 1 aliphatic carbocycles. The number of Topliss-reactive ketones (excluding diaryl/α,β-unsaturated/α-hetero) is 1. The molecule has 1 aromatic carbocycles. The van der Waals surface area contributed by atoms with Crippen molar-refractivity contribution in [3.05, 3.63) is 75.1 Å². The highest BCUT2D eigenvalue weighted by Gasteiger charge is 2.44. The molecular formula is C22H19N3O5. The fourth-order valence-corrected chi connectivity index (χ4v) is 4.01. The normalized spacial score (nSPS) is 20.4. The van der Waals surface area contributed by atoms with Gasteiger partial charge in [-0.3, -0.25) is 14.9 Å². The Morgan fingerprint density at radius 2 is 2.03 bits per heavy atom. The van der Waals surface area contributed by atoms with Crippen molar-refractivity contribution in [1.82, 2.24) is 0 Å². The van der Waals surface area contributed by atoms with Crippen LogP contribution in [0.5, 0.6) is 0 Å². The number of non-ortho nitro benzene ring substituents is 1. The van der Waals surface area contributed by atoms with Gasteiger partial charge in [-0.1, -0.05) is 26.0 Å². The van der Waals surface area contributed by atoms with Crippen LogP contribution in [0.2, 0.25) is 0 Å². The molecule has 4 rings (SSSR count). The van der Waals surface area contributed by atoms with E-state index in [0.29, 0.717) is 41.3 Å². The van der Waals surface area contributed by atoms with Gasteiger partial charge in [-0.15, -0.1) is 0 Å². The number of ketones is 1. The fourth-order valence-electron chi connectivity index (χ4n) is 4.01. The fraction of sp³-hybridized carbons (Fsp3) is 0.273. The summed E-state index contributed by atoms with van der Waals surface area (Å²) in [6, 6.07) is 11.4. The number of hydrogen-bond acceptors (Lipinski definition) is 7. The number of carbonyl (C=O) groups is 1. The molecule has 1 atom stereocenters. The maximum absolute atomic E-state index is 13.0. The van der Waals surface area contributed by atoms with Crippen molar-refractivity contribution >= 4 is 11.5 Å². The number of nitro benzene ring substituents is 1. The predicted molar refractivity (Wildman–Crippen MR) is 106 cm³/mol. The third-order valence-corrected chi connectivity index (χ3v) is 5.33. The number of nitriles is 1. The number of ether oxygens (including phenoxy) is 1. The van der Waals surface area contributed by atoms with Gasteiger partial charge in [-0.05, 0) is 17.5 Å². The molecule has 0 saturated carbocycles. The molecule has 0 fully saturated rings. The second-order valence-corrected chi connectivity index (χ2v) is 8.21. The largest absolute Gasteiger partial charge is 0.460 e. The average molecular weight is 405 g/mol. The molecule has 1 aliphatic heterocycles. The first kappa shape index (κ1) is 19.5. The number of carbonyl (C=O) groups excluding carboxylic acids is 1. The number of allylic oxidation sites excluding steroid dienone is 3. The van der Waals surface area contributed by atoms with E-state index >= 15 is 0 Å². The zero-order valence-electron chi connectivity index (χ0n) is 16.5. The Morgan fingerprint density at radius 3 is 2.73 bits per heavy atom. The molecule has 0 bridgehead atoms. The summed E-state index contributed by atoms with van der Waals surface area (Å²) in [7, 11) is 0. The maximum Gasteiger partial charge on any atom is 0.270 e. The topological polar surface area (TPSA) is 132 Å². The minimum atomic E-state index is -0.769. The van der Waals surface area contributed by atoms with Crippen LogP contribution in [0.4, 0.5) is 5.69 Å². The number of hydrogen-bond donors (Lipinski definition) is 1. The Kier molecular flexibility index (Phi) is 4.46. The van der Waals surface area contributed by atoms with Gasteiger partial charge in [-0.25, -0.2) is 0 Å². The van der Waals surface area contributed by atoms with Gasteiger partial charge in [-0.2, -0.15) is 5.26 Å². The lowest BCUT2D eigenvalue weighted by atomic mass is 9.71. The summed E-state index contributed by atoms with van der Waals surface area (Å²) in [6.45, 7) is 3.94. The van der Waals surface area contributed by atoms with E-state index in [-0.39, 0.29) is 28.3 Å². The number of benzene rings is 1. The van der Waals surface area contributed by atoms with E-state index in [1.54, 1.807) is 24.3 Å². The molecule has 2 heterocycles. The van der Waals surface area contributed by atoms with Gasteiger partial charge in [0.05, 0.1) is 10.8 Å². The molecule has 0 radical (unpaired) electrons. The molecule has 8 heteroatoms. The summed E-state index contributed by atoms with van der Waals surface area (Å²) < 4.78 is 11.6. The molecule has 2 aromatic rings. The first-order valence-electron chi connectivity index (χ1n) is 9.38. The van der Waals surface area contributed by atoms with Crippen LogP contribution in [0.3, 0.4) is 0 Å². The minimum Gasteiger partial charge on any atom is -0.460 e. The molecule has 8 nitrogen and oxygen atoms in total. The summed E-state index contributed by atoms with van der Waals surface area (Å²) >= 11 is 0. The van der Waals surface area contributed by atoms with Crippen molar-refractivity contribution in [2.24, 2.45) is 11.1 Å². The molecule has 30 heavy (non-hydrogen) atoms. The van der Waals surface area contributed by atoms with Crippen LogP contribution in [0, 0.1) is 26.9 Å². The van der Waals surface area contributed by atoms with Crippen molar-refractivity contribution in [3.63, 3.8) is 0 Å². The predicted octanol–water partition coefficient (Wildman–Crippen LogP) is 4.31. The quantitative estimate of drug-likeness (QED) is 0.594. The molecule has 0 amide bonds. The third-order valence-electron chi connectivity index (χ3n) is 5.33. The van der Waals surface area contributed by atoms with Crippen molar-refractivity contribution in [1.29, 1.82) is 5.26 Å². The van der Waals surface area contributed by atoms with Crippen LogP contribution in [0.25, 0.3) is 11.3 Å². The van der Waals surface area contributed by atoms with Crippen LogP contribution in [-0.4, -0.2) is 10.7 Å². The summed E-state index contributed by atoms with van der Waals surface area (Å²) in [5, 5.41) is 20.7. The van der Waals surface area contributed by atoms with Crippen molar-refractivity contribution < 1.29 is 18.9 Å². The molecule has 2 N–H and O–H groups in total.